The molecule has 2 nitrogen and oxygen atoms in total. The predicted molar refractivity (Wildman–Crippen MR) is 62.7 cm³/mol. The van der Waals surface area contributed by atoms with Gasteiger partial charge in [-0.15, -0.1) is 0 Å². The minimum absolute atomic E-state index is 0.912. The lowest BCUT2D eigenvalue weighted by molar-refractivity contribution is 0.0506. The highest BCUT2D eigenvalue weighted by Crippen LogP contribution is 2.28. The van der Waals surface area contributed by atoms with E-state index in [1.807, 2.05) is 0 Å². The maximum Gasteiger partial charge on any atom is 0.0642 e. The normalized spacial score (nSPS) is 27.7. The molecule has 2 aliphatic rings. The predicted octanol–water partition coefficient (Wildman–Crippen LogP) is 2.80. The molecule has 1 fully saturated rings. The van der Waals surface area contributed by atoms with Gasteiger partial charge in [-0.3, -0.25) is 0 Å². The van der Waals surface area contributed by atoms with E-state index in [0.29, 0.717) is 0 Å². The first-order chi connectivity index (χ1) is 7.40. The van der Waals surface area contributed by atoms with Crippen LogP contribution in [0, 0.1) is 5.92 Å². The van der Waals surface area contributed by atoms with E-state index in [9.17, 15) is 0 Å². The molecule has 0 bridgehead atoms. The lowest BCUT2D eigenvalue weighted by Gasteiger charge is -2.34. The SMILES string of the molecule is CCCC1CC=C(N2CCOCC2)CC1. The van der Waals surface area contributed by atoms with Crippen LogP contribution in [0.5, 0.6) is 0 Å². The minimum Gasteiger partial charge on any atom is -0.378 e. The Balaban J connectivity index is 1.83. The first-order valence-corrected chi connectivity index (χ1v) is 6.42. The largest absolute Gasteiger partial charge is 0.378 e. The van der Waals surface area contributed by atoms with E-state index in [1.165, 1.54) is 32.1 Å². The van der Waals surface area contributed by atoms with E-state index >= 15 is 0 Å². The molecular weight excluding hydrogens is 186 g/mol. The van der Waals surface area contributed by atoms with Crippen molar-refractivity contribution in [1.82, 2.24) is 4.90 Å². The Hall–Kier alpha value is -0.500. The Bertz CT molecular complexity index is 219. The Labute approximate surface area is 93.3 Å². The average molecular weight is 209 g/mol. The van der Waals surface area contributed by atoms with Crippen molar-refractivity contribution >= 4 is 0 Å². The first-order valence-electron chi connectivity index (χ1n) is 6.42. The second-order valence-electron chi connectivity index (χ2n) is 4.72. The monoisotopic (exact) mass is 209 g/mol. The molecule has 2 heteroatoms. The maximum absolute atomic E-state index is 5.38. The van der Waals surface area contributed by atoms with Crippen molar-refractivity contribution < 1.29 is 4.74 Å². The van der Waals surface area contributed by atoms with E-state index in [2.05, 4.69) is 17.9 Å². The molecule has 15 heavy (non-hydrogen) atoms. The molecule has 1 saturated heterocycles. The van der Waals surface area contributed by atoms with Gasteiger partial charge >= 0.3 is 0 Å². The lowest BCUT2D eigenvalue weighted by Crippen LogP contribution is -2.36. The fraction of sp³-hybridized carbons (Fsp3) is 0.846. The molecule has 1 aliphatic carbocycles. The molecule has 0 saturated carbocycles. The molecule has 0 spiro atoms. The zero-order valence-electron chi connectivity index (χ0n) is 9.87. The molecule has 1 heterocycles. The topological polar surface area (TPSA) is 12.5 Å². The summed E-state index contributed by atoms with van der Waals surface area (Å²) in [5.74, 6) is 0.958. The molecule has 0 N–H and O–H groups in total. The van der Waals surface area contributed by atoms with Crippen molar-refractivity contribution in [3.05, 3.63) is 11.8 Å². The summed E-state index contributed by atoms with van der Waals surface area (Å²) in [4.78, 5) is 2.52. The zero-order valence-corrected chi connectivity index (χ0v) is 9.87. The molecule has 0 aromatic heterocycles. The van der Waals surface area contributed by atoms with Gasteiger partial charge in [0, 0.05) is 18.8 Å². The number of ether oxygens (including phenoxy) is 1. The van der Waals surface area contributed by atoms with E-state index in [-0.39, 0.29) is 0 Å². The Morgan fingerprint density at radius 1 is 1.40 bits per heavy atom. The maximum atomic E-state index is 5.38. The van der Waals surface area contributed by atoms with Crippen LogP contribution >= 0.6 is 0 Å². The average Bonchev–Trinajstić information content (AvgIpc) is 2.32. The number of nitrogens with zero attached hydrogens (tertiary/aromatic N) is 1. The minimum atomic E-state index is 0.912. The molecule has 1 unspecified atom stereocenters. The van der Waals surface area contributed by atoms with Crippen LogP contribution in [0.3, 0.4) is 0 Å². The second kappa shape index (κ2) is 5.55. The van der Waals surface area contributed by atoms with Crippen molar-refractivity contribution in [2.24, 2.45) is 5.92 Å². The fourth-order valence-electron chi connectivity index (χ4n) is 2.68. The molecular formula is C13H23NO. The van der Waals surface area contributed by atoms with Crippen LogP contribution in [0.1, 0.15) is 39.0 Å². The standard InChI is InChI=1S/C13H23NO/c1-2-3-12-4-6-13(7-5-12)14-8-10-15-11-9-14/h6,12H,2-5,7-11H2,1H3. The summed E-state index contributed by atoms with van der Waals surface area (Å²) in [6, 6.07) is 0. The lowest BCUT2D eigenvalue weighted by atomic mass is 9.88. The van der Waals surface area contributed by atoms with Crippen LogP contribution in [-0.2, 0) is 4.74 Å². The third-order valence-electron chi connectivity index (χ3n) is 3.61. The Morgan fingerprint density at radius 3 is 2.80 bits per heavy atom. The third kappa shape index (κ3) is 2.97. The van der Waals surface area contributed by atoms with Gasteiger partial charge in [-0.25, -0.2) is 0 Å². The van der Waals surface area contributed by atoms with E-state index in [0.717, 1.165) is 32.2 Å². The van der Waals surface area contributed by atoms with Crippen LogP contribution in [0.2, 0.25) is 0 Å². The van der Waals surface area contributed by atoms with Crippen molar-refractivity contribution in [2.75, 3.05) is 26.3 Å². The number of allylic oxidation sites excluding steroid dienone is 2. The molecule has 0 aromatic carbocycles. The van der Waals surface area contributed by atoms with Crippen LogP contribution < -0.4 is 0 Å². The number of rotatable bonds is 3. The van der Waals surface area contributed by atoms with Gasteiger partial charge in [0.2, 0.25) is 0 Å². The van der Waals surface area contributed by atoms with Crippen molar-refractivity contribution in [3.63, 3.8) is 0 Å². The quantitative estimate of drug-likeness (QED) is 0.708. The summed E-state index contributed by atoms with van der Waals surface area (Å²) in [6.07, 6.45) is 9.23. The van der Waals surface area contributed by atoms with Crippen LogP contribution in [0.4, 0.5) is 0 Å². The third-order valence-corrected chi connectivity index (χ3v) is 3.61. The summed E-state index contributed by atoms with van der Waals surface area (Å²) in [7, 11) is 0. The summed E-state index contributed by atoms with van der Waals surface area (Å²) in [6.45, 7) is 6.32. The van der Waals surface area contributed by atoms with Gasteiger partial charge in [-0.1, -0.05) is 25.8 Å². The van der Waals surface area contributed by atoms with E-state index in [4.69, 9.17) is 4.74 Å². The molecule has 1 aliphatic heterocycles. The van der Waals surface area contributed by atoms with E-state index < -0.39 is 0 Å². The number of hydrogen-bond donors (Lipinski definition) is 0. The van der Waals surface area contributed by atoms with Crippen LogP contribution in [0.25, 0.3) is 0 Å². The summed E-state index contributed by atoms with van der Waals surface area (Å²) < 4.78 is 5.38. The van der Waals surface area contributed by atoms with Crippen molar-refractivity contribution in [2.45, 2.75) is 39.0 Å². The summed E-state index contributed by atoms with van der Waals surface area (Å²) in [5.41, 5.74) is 1.59. The molecule has 0 radical (unpaired) electrons. The highest BCUT2D eigenvalue weighted by atomic mass is 16.5. The molecule has 1 atom stereocenters. The highest BCUT2D eigenvalue weighted by Gasteiger charge is 2.19. The molecule has 86 valence electrons. The zero-order chi connectivity index (χ0) is 10.5. The number of hydrogen-bond acceptors (Lipinski definition) is 2. The fourth-order valence-corrected chi connectivity index (χ4v) is 2.68. The molecule has 0 aromatic rings. The van der Waals surface area contributed by atoms with Gasteiger partial charge in [0.1, 0.15) is 0 Å². The first kappa shape index (κ1) is 11.0. The Morgan fingerprint density at radius 2 is 2.20 bits per heavy atom. The van der Waals surface area contributed by atoms with Crippen molar-refractivity contribution in [3.8, 4) is 0 Å². The highest BCUT2D eigenvalue weighted by molar-refractivity contribution is 5.06. The van der Waals surface area contributed by atoms with Gasteiger partial charge in [0.25, 0.3) is 0 Å². The van der Waals surface area contributed by atoms with Gasteiger partial charge in [0.15, 0.2) is 0 Å². The smallest absolute Gasteiger partial charge is 0.0642 e. The molecule has 0 amide bonds. The van der Waals surface area contributed by atoms with Crippen molar-refractivity contribution in [1.29, 1.82) is 0 Å². The van der Waals surface area contributed by atoms with E-state index in [1.54, 1.807) is 5.70 Å². The van der Waals surface area contributed by atoms with Gasteiger partial charge in [0.05, 0.1) is 13.2 Å². The van der Waals surface area contributed by atoms with Crippen LogP contribution in [-0.4, -0.2) is 31.2 Å². The summed E-state index contributed by atoms with van der Waals surface area (Å²) >= 11 is 0. The van der Waals surface area contributed by atoms with Crippen LogP contribution in [0.15, 0.2) is 11.8 Å². The summed E-state index contributed by atoms with van der Waals surface area (Å²) in [5, 5.41) is 0. The Kier molecular flexibility index (Phi) is 4.07. The van der Waals surface area contributed by atoms with Gasteiger partial charge < -0.3 is 9.64 Å². The van der Waals surface area contributed by atoms with Gasteiger partial charge in [-0.2, -0.15) is 0 Å². The second-order valence-corrected chi connectivity index (χ2v) is 4.72. The number of morpholine rings is 1. The van der Waals surface area contributed by atoms with Gasteiger partial charge in [-0.05, 0) is 25.2 Å². The molecule has 2 rings (SSSR count).